The minimum Gasteiger partial charge on any atom is -0.311 e. The van der Waals surface area contributed by atoms with Crippen molar-refractivity contribution >= 4 is 10.9 Å². The molecule has 2 heterocycles. The Kier molecular flexibility index (Phi) is 2.63. The summed E-state index contributed by atoms with van der Waals surface area (Å²) in [4.78, 5) is 23.2. The van der Waals surface area contributed by atoms with E-state index in [0.29, 0.717) is 11.4 Å². The van der Waals surface area contributed by atoms with Crippen LogP contribution in [0.5, 0.6) is 0 Å². The van der Waals surface area contributed by atoms with Crippen molar-refractivity contribution in [1.29, 1.82) is 0 Å². The highest BCUT2D eigenvalue weighted by Crippen LogP contribution is 2.23. The van der Waals surface area contributed by atoms with Crippen molar-refractivity contribution in [2.75, 3.05) is 0 Å². The van der Waals surface area contributed by atoms with E-state index in [1.165, 1.54) is 0 Å². The van der Waals surface area contributed by atoms with Crippen molar-refractivity contribution in [2.45, 2.75) is 13.8 Å². The van der Waals surface area contributed by atoms with Gasteiger partial charge in [0.2, 0.25) is 0 Å². The Hall–Kier alpha value is -2.49. The SMILES string of the molecule is Cc1nc(-c2ccc3ncccc3c2)c(C)c(=O)[nH]1. The lowest BCUT2D eigenvalue weighted by atomic mass is 10.1. The van der Waals surface area contributed by atoms with E-state index in [-0.39, 0.29) is 5.56 Å². The summed E-state index contributed by atoms with van der Waals surface area (Å²) in [5, 5.41) is 1.04. The molecule has 1 aromatic carbocycles. The standard InChI is InChI=1S/C15H13N3O/c1-9-14(17-10(2)18-15(9)19)12-5-6-13-11(8-12)4-3-7-16-13/h3-8H,1-2H3,(H,17,18,19). The van der Waals surface area contributed by atoms with E-state index in [4.69, 9.17) is 0 Å². The van der Waals surface area contributed by atoms with Crippen LogP contribution in [0.25, 0.3) is 22.2 Å². The van der Waals surface area contributed by atoms with Crippen molar-refractivity contribution in [3.63, 3.8) is 0 Å². The molecule has 0 saturated carbocycles. The second-order valence-corrected chi connectivity index (χ2v) is 4.54. The number of aryl methyl sites for hydroxylation is 1. The number of pyridine rings is 1. The molecule has 1 N–H and O–H groups in total. The van der Waals surface area contributed by atoms with Crippen LogP contribution >= 0.6 is 0 Å². The molecule has 0 amide bonds. The quantitative estimate of drug-likeness (QED) is 0.723. The number of aromatic amines is 1. The second-order valence-electron chi connectivity index (χ2n) is 4.54. The first kappa shape index (κ1) is 11.6. The highest BCUT2D eigenvalue weighted by Gasteiger charge is 2.08. The summed E-state index contributed by atoms with van der Waals surface area (Å²) in [6.45, 7) is 3.57. The van der Waals surface area contributed by atoms with E-state index < -0.39 is 0 Å². The molecule has 0 fully saturated rings. The van der Waals surface area contributed by atoms with Crippen LogP contribution in [-0.2, 0) is 0 Å². The Morgan fingerprint density at radius 1 is 1.16 bits per heavy atom. The smallest absolute Gasteiger partial charge is 0.254 e. The highest BCUT2D eigenvalue weighted by atomic mass is 16.1. The van der Waals surface area contributed by atoms with Crippen molar-refractivity contribution in [2.24, 2.45) is 0 Å². The van der Waals surface area contributed by atoms with Crippen LogP contribution < -0.4 is 5.56 Å². The lowest BCUT2D eigenvalue weighted by molar-refractivity contribution is 1.000. The Labute approximate surface area is 110 Å². The van der Waals surface area contributed by atoms with Crippen LogP contribution in [0.4, 0.5) is 0 Å². The van der Waals surface area contributed by atoms with Crippen LogP contribution in [0.15, 0.2) is 41.3 Å². The lowest BCUT2D eigenvalue weighted by Crippen LogP contribution is -2.14. The van der Waals surface area contributed by atoms with Gasteiger partial charge in [0.25, 0.3) is 5.56 Å². The Bertz CT molecular complexity index is 821. The fourth-order valence-electron chi connectivity index (χ4n) is 2.15. The summed E-state index contributed by atoms with van der Waals surface area (Å²) in [5.74, 6) is 0.622. The zero-order valence-electron chi connectivity index (χ0n) is 10.8. The van der Waals surface area contributed by atoms with Crippen molar-refractivity contribution in [3.8, 4) is 11.3 Å². The van der Waals surface area contributed by atoms with E-state index in [1.807, 2.05) is 30.3 Å². The minimum atomic E-state index is -0.0891. The number of hydrogen-bond donors (Lipinski definition) is 1. The molecule has 0 aliphatic carbocycles. The van der Waals surface area contributed by atoms with Crippen molar-refractivity contribution < 1.29 is 0 Å². The third kappa shape index (κ3) is 2.01. The Morgan fingerprint density at radius 3 is 2.84 bits per heavy atom. The number of nitrogens with one attached hydrogen (secondary N) is 1. The predicted octanol–water partition coefficient (Wildman–Crippen LogP) is 2.60. The van der Waals surface area contributed by atoms with Gasteiger partial charge in [-0.3, -0.25) is 9.78 Å². The average molecular weight is 251 g/mol. The highest BCUT2D eigenvalue weighted by molar-refractivity contribution is 5.84. The molecule has 0 aliphatic heterocycles. The summed E-state index contributed by atoms with van der Waals surface area (Å²) < 4.78 is 0. The zero-order chi connectivity index (χ0) is 13.4. The number of benzene rings is 1. The van der Waals surface area contributed by atoms with Gasteiger partial charge in [0.05, 0.1) is 11.2 Å². The van der Waals surface area contributed by atoms with Gasteiger partial charge in [-0.05, 0) is 32.0 Å². The Balaban J connectivity index is 2.27. The molecule has 0 unspecified atom stereocenters. The zero-order valence-corrected chi connectivity index (χ0v) is 10.8. The van der Waals surface area contributed by atoms with Gasteiger partial charge in [-0.15, -0.1) is 0 Å². The predicted molar refractivity (Wildman–Crippen MR) is 75.1 cm³/mol. The molecule has 4 heteroatoms. The molecule has 4 nitrogen and oxygen atoms in total. The monoisotopic (exact) mass is 251 g/mol. The van der Waals surface area contributed by atoms with Gasteiger partial charge < -0.3 is 4.98 Å². The van der Waals surface area contributed by atoms with Crippen molar-refractivity contribution in [1.82, 2.24) is 15.0 Å². The van der Waals surface area contributed by atoms with Crippen LogP contribution in [0.2, 0.25) is 0 Å². The number of hydrogen-bond acceptors (Lipinski definition) is 3. The third-order valence-electron chi connectivity index (χ3n) is 3.15. The normalized spacial score (nSPS) is 10.8. The number of aromatic nitrogens is 3. The number of H-pyrrole nitrogens is 1. The molecule has 0 atom stereocenters. The number of nitrogens with zero attached hydrogens (tertiary/aromatic N) is 2. The maximum absolute atomic E-state index is 11.8. The maximum atomic E-state index is 11.8. The van der Waals surface area contributed by atoms with Crippen LogP contribution in [0.1, 0.15) is 11.4 Å². The summed E-state index contributed by atoms with van der Waals surface area (Å²) in [6.07, 6.45) is 1.77. The minimum absolute atomic E-state index is 0.0891. The molecule has 3 rings (SSSR count). The summed E-state index contributed by atoms with van der Waals surface area (Å²) in [7, 11) is 0. The van der Waals surface area contributed by atoms with Crippen molar-refractivity contribution in [3.05, 3.63) is 58.3 Å². The van der Waals surface area contributed by atoms with Gasteiger partial charge in [0.15, 0.2) is 0 Å². The molecule has 0 saturated heterocycles. The van der Waals surface area contributed by atoms with E-state index in [2.05, 4.69) is 15.0 Å². The van der Waals surface area contributed by atoms with E-state index in [1.54, 1.807) is 20.0 Å². The first-order chi connectivity index (χ1) is 9.15. The molecule has 0 spiro atoms. The van der Waals surface area contributed by atoms with E-state index in [9.17, 15) is 4.79 Å². The maximum Gasteiger partial charge on any atom is 0.254 e. The van der Waals surface area contributed by atoms with Gasteiger partial charge in [-0.1, -0.05) is 12.1 Å². The largest absolute Gasteiger partial charge is 0.311 e. The molecule has 2 aromatic heterocycles. The van der Waals surface area contributed by atoms with Gasteiger partial charge in [-0.25, -0.2) is 4.98 Å². The fourth-order valence-corrected chi connectivity index (χ4v) is 2.15. The van der Waals surface area contributed by atoms with Crippen LogP contribution in [0.3, 0.4) is 0 Å². The molecule has 3 aromatic rings. The van der Waals surface area contributed by atoms with Crippen LogP contribution in [0, 0.1) is 13.8 Å². The molecule has 19 heavy (non-hydrogen) atoms. The second kappa shape index (κ2) is 4.31. The van der Waals surface area contributed by atoms with E-state index >= 15 is 0 Å². The molecule has 0 bridgehead atoms. The fraction of sp³-hybridized carbons (Fsp3) is 0.133. The van der Waals surface area contributed by atoms with Gasteiger partial charge in [0, 0.05) is 22.7 Å². The first-order valence-electron chi connectivity index (χ1n) is 6.08. The lowest BCUT2D eigenvalue weighted by Gasteiger charge is -2.06. The Morgan fingerprint density at radius 2 is 2.00 bits per heavy atom. The van der Waals surface area contributed by atoms with Gasteiger partial charge >= 0.3 is 0 Å². The molecular formula is C15H13N3O. The summed E-state index contributed by atoms with van der Waals surface area (Å²) in [6, 6.07) is 9.80. The third-order valence-corrected chi connectivity index (χ3v) is 3.15. The van der Waals surface area contributed by atoms with E-state index in [0.717, 1.165) is 22.2 Å². The van der Waals surface area contributed by atoms with Crippen LogP contribution in [-0.4, -0.2) is 15.0 Å². The van der Waals surface area contributed by atoms with Gasteiger partial charge in [-0.2, -0.15) is 0 Å². The molecule has 0 radical (unpaired) electrons. The summed E-state index contributed by atoms with van der Waals surface area (Å²) in [5.41, 5.74) is 3.15. The first-order valence-corrected chi connectivity index (χ1v) is 6.08. The number of fused-ring (bicyclic) bond motifs is 1. The molecule has 0 aliphatic rings. The molecule has 94 valence electrons. The average Bonchev–Trinajstić information content (AvgIpc) is 2.42. The molecular weight excluding hydrogens is 238 g/mol. The number of rotatable bonds is 1. The summed E-state index contributed by atoms with van der Waals surface area (Å²) >= 11 is 0. The van der Waals surface area contributed by atoms with Gasteiger partial charge in [0.1, 0.15) is 5.82 Å². The topological polar surface area (TPSA) is 58.6 Å².